The number of nitrogens with one attached hydrogen (secondary N) is 2. The van der Waals surface area contributed by atoms with Gasteiger partial charge < -0.3 is 10.2 Å². The number of fused-ring (bicyclic) bond motifs is 2. The number of benzene rings is 1. The molecule has 0 saturated carbocycles. The number of rotatable bonds is 4. The summed E-state index contributed by atoms with van der Waals surface area (Å²) in [6, 6.07) is 7.15. The van der Waals surface area contributed by atoms with Crippen molar-refractivity contribution < 1.29 is 14.4 Å². The molecule has 1 saturated heterocycles. The van der Waals surface area contributed by atoms with E-state index in [9.17, 15) is 14.4 Å². The van der Waals surface area contributed by atoms with Gasteiger partial charge in [0.05, 0.1) is 5.39 Å². The first-order chi connectivity index (χ1) is 14.1. The summed E-state index contributed by atoms with van der Waals surface area (Å²) in [6.07, 6.45) is 2.15. The molecule has 5 rings (SSSR count). The average molecular weight is 407 g/mol. The quantitative estimate of drug-likeness (QED) is 0.642. The van der Waals surface area contributed by atoms with Crippen molar-refractivity contribution in [2.45, 2.75) is 32.0 Å². The van der Waals surface area contributed by atoms with E-state index in [1.54, 1.807) is 16.2 Å². The highest BCUT2D eigenvalue weighted by molar-refractivity contribution is 7.16. The minimum atomic E-state index is -0.595. The number of nitrogens with zero attached hydrogens (tertiary/aromatic N) is 3. The van der Waals surface area contributed by atoms with Crippen LogP contribution in [0.25, 0.3) is 10.2 Å². The van der Waals surface area contributed by atoms with Gasteiger partial charge in [0.2, 0.25) is 11.8 Å². The smallest absolute Gasteiger partial charge is 0.255 e. The van der Waals surface area contributed by atoms with Crippen molar-refractivity contribution in [2.75, 3.05) is 5.32 Å². The van der Waals surface area contributed by atoms with Gasteiger partial charge in [0.1, 0.15) is 23.0 Å². The van der Waals surface area contributed by atoms with Crippen LogP contribution in [0, 0.1) is 0 Å². The highest BCUT2D eigenvalue weighted by Gasteiger charge is 2.39. The summed E-state index contributed by atoms with van der Waals surface area (Å²) in [5.74, 6) is -0.0899. The summed E-state index contributed by atoms with van der Waals surface area (Å²) < 4.78 is 0. The number of imide groups is 1. The van der Waals surface area contributed by atoms with Gasteiger partial charge in [-0.15, -0.1) is 11.3 Å². The van der Waals surface area contributed by atoms with Gasteiger partial charge in [-0.05, 0) is 35.1 Å². The molecule has 1 unspecified atom stereocenters. The fourth-order valence-corrected chi connectivity index (χ4v) is 4.56. The van der Waals surface area contributed by atoms with Crippen LogP contribution >= 0.6 is 11.3 Å². The molecule has 4 heterocycles. The molecule has 146 valence electrons. The van der Waals surface area contributed by atoms with E-state index >= 15 is 0 Å². The minimum absolute atomic E-state index is 0.168. The number of hydrogen-bond donors (Lipinski definition) is 2. The Morgan fingerprint density at radius 2 is 2.10 bits per heavy atom. The number of aromatic nitrogens is 2. The van der Waals surface area contributed by atoms with Crippen molar-refractivity contribution in [3.05, 3.63) is 52.7 Å². The van der Waals surface area contributed by atoms with E-state index in [0.29, 0.717) is 25.1 Å². The number of carbonyl (C=O) groups is 3. The predicted molar refractivity (Wildman–Crippen MR) is 107 cm³/mol. The SMILES string of the molecule is O=C1CCC(N2Cc3ccc(CNc4ncnc5sccc45)cc3C2=O)C(=O)N1. The molecule has 2 aliphatic rings. The first-order valence-electron chi connectivity index (χ1n) is 9.29. The maximum atomic E-state index is 12.9. The Hall–Kier alpha value is -3.33. The lowest BCUT2D eigenvalue weighted by Crippen LogP contribution is -2.52. The first-order valence-corrected chi connectivity index (χ1v) is 10.2. The Bertz CT molecular complexity index is 1160. The molecule has 2 aliphatic heterocycles. The number of amides is 3. The molecule has 1 fully saturated rings. The van der Waals surface area contributed by atoms with E-state index in [1.165, 1.54) is 6.33 Å². The third-order valence-electron chi connectivity index (χ3n) is 5.31. The van der Waals surface area contributed by atoms with Crippen LogP contribution in [-0.2, 0) is 22.7 Å². The topological polar surface area (TPSA) is 104 Å². The van der Waals surface area contributed by atoms with E-state index in [2.05, 4.69) is 20.6 Å². The number of carbonyl (C=O) groups excluding carboxylic acids is 3. The summed E-state index contributed by atoms with van der Waals surface area (Å²) in [6.45, 7) is 0.899. The molecule has 0 radical (unpaired) electrons. The van der Waals surface area contributed by atoms with Gasteiger partial charge >= 0.3 is 0 Å². The van der Waals surface area contributed by atoms with Gasteiger partial charge in [0.25, 0.3) is 5.91 Å². The molecule has 3 aromatic rings. The number of piperidine rings is 1. The fourth-order valence-electron chi connectivity index (χ4n) is 3.83. The molecule has 2 N–H and O–H groups in total. The van der Waals surface area contributed by atoms with Gasteiger partial charge in [0, 0.05) is 25.1 Å². The van der Waals surface area contributed by atoms with Crippen LogP contribution in [0.1, 0.15) is 34.3 Å². The zero-order valence-corrected chi connectivity index (χ0v) is 16.2. The highest BCUT2D eigenvalue weighted by atomic mass is 32.1. The summed E-state index contributed by atoms with van der Waals surface area (Å²) in [4.78, 5) is 47.5. The molecular weight excluding hydrogens is 390 g/mol. The molecule has 9 heteroatoms. The second-order valence-corrected chi connectivity index (χ2v) is 8.00. The largest absolute Gasteiger partial charge is 0.365 e. The summed E-state index contributed by atoms with van der Waals surface area (Å²) >= 11 is 1.56. The second kappa shape index (κ2) is 6.93. The second-order valence-electron chi connectivity index (χ2n) is 7.11. The van der Waals surface area contributed by atoms with Gasteiger partial charge in [-0.3, -0.25) is 19.7 Å². The monoisotopic (exact) mass is 407 g/mol. The molecular formula is C20H17N5O3S. The third kappa shape index (κ3) is 3.13. The number of hydrogen-bond acceptors (Lipinski definition) is 7. The Balaban J connectivity index is 1.33. The van der Waals surface area contributed by atoms with Crippen LogP contribution in [-0.4, -0.2) is 38.6 Å². The molecule has 8 nitrogen and oxygen atoms in total. The number of thiophene rings is 1. The molecule has 1 aromatic carbocycles. The van der Waals surface area contributed by atoms with Gasteiger partial charge in [-0.2, -0.15) is 0 Å². The molecule has 3 amide bonds. The van der Waals surface area contributed by atoms with E-state index in [0.717, 1.165) is 27.2 Å². The molecule has 1 atom stereocenters. The van der Waals surface area contributed by atoms with Crippen molar-refractivity contribution in [2.24, 2.45) is 0 Å². The standard InChI is InChI=1S/C20H17N5O3S/c26-16-4-3-15(18(27)24-16)25-9-12-2-1-11(7-14(12)20(25)28)8-21-17-13-5-6-29-19(13)23-10-22-17/h1-2,5-7,10,15H,3-4,8-9H2,(H,21,22,23)(H,24,26,27). The Morgan fingerprint density at radius 1 is 1.21 bits per heavy atom. The third-order valence-corrected chi connectivity index (χ3v) is 6.14. The van der Waals surface area contributed by atoms with Crippen LogP contribution in [0.4, 0.5) is 5.82 Å². The van der Waals surface area contributed by atoms with Gasteiger partial charge in [-0.25, -0.2) is 9.97 Å². The summed E-state index contributed by atoms with van der Waals surface area (Å²) in [5, 5.41) is 8.58. The highest BCUT2D eigenvalue weighted by Crippen LogP contribution is 2.29. The molecule has 0 aliphatic carbocycles. The van der Waals surface area contributed by atoms with Crippen molar-refractivity contribution in [1.29, 1.82) is 0 Å². The fraction of sp³-hybridized carbons (Fsp3) is 0.250. The lowest BCUT2D eigenvalue weighted by atomic mass is 10.0. The lowest BCUT2D eigenvalue weighted by Gasteiger charge is -2.29. The Kier molecular flexibility index (Phi) is 4.24. The van der Waals surface area contributed by atoms with E-state index in [-0.39, 0.29) is 18.2 Å². The zero-order valence-electron chi connectivity index (χ0n) is 15.3. The van der Waals surface area contributed by atoms with Crippen molar-refractivity contribution >= 4 is 45.1 Å². The average Bonchev–Trinajstić information content (AvgIpc) is 3.32. The van der Waals surface area contributed by atoms with E-state index in [1.807, 2.05) is 29.6 Å². The van der Waals surface area contributed by atoms with Crippen LogP contribution < -0.4 is 10.6 Å². The molecule has 0 bridgehead atoms. The minimum Gasteiger partial charge on any atom is -0.365 e. The molecule has 29 heavy (non-hydrogen) atoms. The first kappa shape index (κ1) is 17.7. The molecule has 2 aromatic heterocycles. The van der Waals surface area contributed by atoms with Gasteiger partial charge in [0.15, 0.2) is 0 Å². The van der Waals surface area contributed by atoms with Crippen molar-refractivity contribution in [3.8, 4) is 0 Å². The summed E-state index contributed by atoms with van der Waals surface area (Å²) in [7, 11) is 0. The van der Waals surface area contributed by atoms with Crippen LogP contribution in [0.15, 0.2) is 36.0 Å². The maximum Gasteiger partial charge on any atom is 0.255 e. The summed E-state index contributed by atoms with van der Waals surface area (Å²) in [5.41, 5.74) is 2.45. The van der Waals surface area contributed by atoms with Crippen LogP contribution in [0.5, 0.6) is 0 Å². The maximum absolute atomic E-state index is 12.9. The Morgan fingerprint density at radius 3 is 2.97 bits per heavy atom. The zero-order chi connectivity index (χ0) is 20.0. The molecule has 0 spiro atoms. The van der Waals surface area contributed by atoms with Gasteiger partial charge in [-0.1, -0.05) is 12.1 Å². The van der Waals surface area contributed by atoms with Crippen molar-refractivity contribution in [3.63, 3.8) is 0 Å². The van der Waals surface area contributed by atoms with Crippen LogP contribution in [0.3, 0.4) is 0 Å². The van der Waals surface area contributed by atoms with Crippen molar-refractivity contribution in [1.82, 2.24) is 20.2 Å². The lowest BCUT2D eigenvalue weighted by molar-refractivity contribution is -0.136. The number of anilines is 1. The van der Waals surface area contributed by atoms with E-state index in [4.69, 9.17) is 0 Å². The normalized spacial score (nSPS) is 18.8. The Labute approximate surface area is 170 Å². The van der Waals surface area contributed by atoms with E-state index < -0.39 is 11.9 Å². The predicted octanol–water partition coefficient (Wildman–Crippen LogP) is 2.06. The van der Waals surface area contributed by atoms with Crippen LogP contribution in [0.2, 0.25) is 0 Å².